The van der Waals surface area contributed by atoms with Crippen molar-refractivity contribution in [1.82, 2.24) is 14.8 Å². The Kier molecular flexibility index (Phi) is 5.01. The first-order chi connectivity index (χ1) is 13.6. The maximum absolute atomic E-state index is 12.3. The summed E-state index contributed by atoms with van der Waals surface area (Å²) in [4.78, 5) is 38.3. The number of furan rings is 1. The Morgan fingerprint density at radius 2 is 1.93 bits per heavy atom. The van der Waals surface area contributed by atoms with Gasteiger partial charge in [-0.3, -0.25) is 14.2 Å². The van der Waals surface area contributed by atoms with Crippen LogP contribution in [0.4, 0.5) is 0 Å². The number of nitrogens with zero attached hydrogens (tertiary/aromatic N) is 2. The molecule has 0 saturated carbocycles. The fourth-order valence-electron chi connectivity index (χ4n) is 3.53. The summed E-state index contributed by atoms with van der Waals surface area (Å²) in [6, 6.07) is 8.83. The standard InChI is InChI=1S/C20H21N3O5/c24-18(7-11-23-16-3-1-2-4-17(16)28-20(23)26)21-15-5-9-22(10-6-15)19(25)14-8-12-27-13-14/h1-4,8,12-13,15H,5-7,9-11H2,(H,21,24). The highest BCUT2D eigenvalue weighted by Crippen LogP contribution is 2.15. The number of rotatable bonds is 5. The third kappa shape index (κ3) is 3.71. The van der Waals surface area contributed by atoms with Crippen LogP contribution in [0.15, 0.2) is 56.5 Å². The predicted molar refractivity (Wildman–Crippen MR) is 101 cm³/mol. The first-order valence-electron chi connectivity index (χ1n) is 9.31. The Morgan fingerprint density at radius 1 is 1.14 bits per heavy atom. The molecular weight excluding hydrogens is 362 g/mol. The number of nitrogens with one attached hydrogen (secondary N) is 1. The van der Waals surface area contributed by atoms with E-state index in [0.717, 1.165) is 0 Å². The van der Waals surface area contributed by atoms with Crippen LogP contribution in [0.1, 0.15) is 29.6 Å². The normalized spacial score (nSPS) is 15.1. The maximum atomic E-state index is 12.3. The van der Waals surface area contributed by atoms with Gasteiger partial charge in [-0.15, -0.1) is 0 Å². The lowest BCUT2D eigenvalue weighted by molar-refractivity contribution is -0.122. The molecule has 2 aromatic heterocycles. The Morgan fingerprint density at radius 3 is 2.68 bits per heavy atom. The van der Waals surface area contributed by atoms with Crippen LogP contribution in [0.5, 0.6) is 0 Å². The highest BCUT2D eigenvalue weighted by atomic mass is 16.4. The minimum Gasteiger partial charge on any atom is -0.472 e. The fraction of sp³-hybridized carbons (Fsp3) is 0.350. The molecule has 1 aliphatic rings. The first kappa shape index (κ1) is 18.1. The molecule has 1 N–H and O–H groups in total. The average molecular weight is 383 g/mol. The molecule has 28 heavy (non-hydrogen) atoms. The summed E-state index contributed by atoms with van der Waals surface area (Å²) >= 11 is 0. The first-order valence-corrected chi connectivity index (χ1v) is 9.31. The number of fused-ring (bicyclic) bond motifs is 1. The third-order valence-electron chi connectivity index (χ3n) is 5.05. The number of benzene rings is 1. The van der Waals surface area contributed by atoms with Gasteiger partial charge in [-0.2, -0.15) is 0 Å². The molecule has 1 aromatic carbocycles. The molecule has 0 aliphatic carbocycles. The molecule has 8 heteroatoms. The van der Waals surface area contributed by atoms with E-state index >= 15 is 0 Å². The summed E-state index contributed by atoms with van der Waals surface area (Å²) < 4.78 is 11.6. The van der Waals surface area contributed by atoms with Crippen LogP contribution in [0.2, 0.25) is 0 Å². The van der Waals surface area contributed by atoms with Crippen LogP contribution in [-0.4, -0.2) is 40.4 Å². The summed E-state index contributed by atoms with van der Waals surface area (Å²) in [5, 5.41) is 3.00. The molecule has 146 valence electrons. The van der Waals surface area contributed by atoms with Crippen LogP contribution in [-0.2, 0) is 11.3 Å². The molecule has 0 atom stereocenters. The molecule has 0 spiro atoms. The summed E-state index contributed by atoms with van der Waals surface area (Å²) in [6.45, 7) is 1.43. The quantitative estimate of drug-likeness (QED) is 0.727. The zero-order chi connectivity index (χ0) is 19.5. The van der Waals surface area contributed by atoms with E-state index in [-0.39, 0.29) is 30.8 Å². The van der Waals surface area contributed by atoms with Gasteiger partial charge >= 0.3 is 5.76 Å². The summed E-state index contributed by atoms with van der Waals surface area (Å²) in [5.41, 5.74) is 1.74. The van der Waals surface area contributed by atoms with Crippen LogP contribution in [0.3, 0.4) is 0 Å². The molecule has 1 saturated heterocycles. The molecule has 0 radical (unpaired) electrons. The fourth-order valence-corrected chi connectivity index (χ4v) is 3.53. The second-order valence-electron chi connectivity index (χ2n) is 6.88. The van der Waals surface area contributed by atoms with Crippen molar-refractivity contribution in [3.63, 3.8) is 0 Å². The second kappa shape index (κ2) is 7.75. The minimum atomic E-state index is -0.458. The molecule has 4 rings (SSSR count). The lowest BCUT2D eigenvalue weighted by Gasteiger charge is -2.32. The van der Waals surface area contributed by atoms with E-state index in [4.69, 9.17) is 8.83 Å². The largest absolute Gasteiger partial charge is 0.472 e. The summed E-state index contributed by atoms with van der Waals surface area (Å²) in [6.07, 6.45) is 4.51. The smallest absolute Gasteiger partial charge is 0.419 e. The van der Waals surface area contributed by atoms with Gasteiger partial charge in [0.15, 0.2) is 5.58 Å². The van der Waals surface area contributed by atoms with Gasteiger partial charge in [0.2, 0.25) is 5.91 Å². The molecule has 8 nitrogen and oxygen atoms in total. The topological polar surface area (TPSA) is 97.7 Å². The van der Waals surface area contributed by atoms with Gasteiger partial charge in [0.25, 0.3) is 5.91 Å². The Hall–Kier alpha value is -3.29. The van der Waals surface area contributed by atoms with Crippen LogP contribution >= 0.6 is 0 Å². The number of hydrogen-bond acceptors (Lipinski definition) is 5. The van der Waals surface area contributed by atoms with Crippen LogP contribution in [0.25, 0.3) is 11.1 Å². The number of carbonyl (C=O) groups is 2. The van der Waals surface area contributed by atoms with E-state index in [1.165, 1.54) is 17.1 Å². The molecule has 1 aliphatic heterocycles. The van der Waals surface area contributed by atoms with Gasteiger partial charge in [-0.1, -0.05) is 12.1 Å². The molecule has 0 bridgehead atoms. The number of likely N-dealkylation sites (tertiary alicyclic amines) is 1. The highest BCUT2D eigenvalue weighted by Gasteiger charge is 2.25. The van der Waals surface area contributed by atoms with Crippen molar-refractivity contribution in [2.75, 3.05) is 13.1 Å². The molecule has 3 heterocycles. The van der Waals surface area contributed by atoms with Gasteiger partial charge in [-0.25, -0.2) is 4.79 Å². The van der Waals surface area contributed by atoms with Gasteiger partial charge in [0, 0.05) is 32.1 Å². The van der Waals surface area contributed by atoms with Crippen molar-refractivity contribution in [2.24, 2.45) is 0 Å². The molecule has 1 fully saturated rings. The zero-order valence-electron chi connectivity index (χ0n) is 15.3. The number of aryl methyl sites for hydroxylation is 1. The second-order valence-corrected chi connectivity index (χ2v) is 6.88. The molecule has 0 unspecified atom stereocenters. The van der Waals surface area contributed by atoms with Crippen molar-refractivity contribution < 1.29 is 18.4 Å². The number of amides is 2. The number of para-hydroxylation sites is 2. The predicted octanol–water partition coefficient (Wildman–Crippen LogP) is 2.00. The molecule has 2 amide bonds. The third-order valence-corrected chi connectivity index (χ3v) is 5.05. The van der Waals surface area contributed by atoms with E-state index in [1.54, 1.807) is 29.2 Å². The van der Waals surface area contributed by atoms with Crippen molar-refractivity contribution in [1.29, 1.82) is 0 Å². The van der Waals surface area contributed by atoms with E-state index in [2.05, 4.69) is 5.32 Å². The van der Waals surface area contributed by atoms with Crippen molar-refractivity contribution in [3.05, 3.63) is 59.0 Å². The summed E-state index contributed by atoms with van der Waals surface area (Å²) in [5.74, 6) is -0.624. The van der Waals surface area contributed by atoms with E-state index < -0.39 is 5.76 Å². The van der Waals surface area contributed by atoms with Gasteiger partial charge in [0.05, 0.1) is 17.3 Å². The van der Waals surface area contributed by atoms with Gasteiger partial charge in [-0.05, 0) is 31.0 Å². The monoisotopic (exact) mass is 383 g/mol. The Labute approximate surface area is 160 Å². The van der Waals surface area contributed by atoms with Gasteiger partial charge in [0.1, 0.15) is 6.26 Å². The maximum Gasteiger partial charge on any atom is 0.419 e. The van der Waals surface area contributed by atoms with Crippen molar-refractivity contribution in [2.45, 2.75) is 31.8 Å². The number of piperidine rings is 1. The van der Waals surface area contributed by atoms with Crippen molar-refractivity contribution >= 4 is 22.9 Å². The average Bonchev–Trinajstić information content (AvgIpc) is 3.34. The SMILES string of the molecule is O=C(CCn1c(=O)oc2ccccc21)NC1CCN(C(=O)c2ccoc2)CC1. The number of carbonyl (C=O) groups excluding carboxylic acids is 2. The van der Waals surface area contributed by atoms with Crippen molar-refractivity contribution in [3.8, 4) is 0 Å². The molecule has 3 aromatic rings. The number of aromatic nitrogens is 1. The lowest BCUT2D eigenvalue weighted by atomic mass is 10.0. The van der Waals surface area contributed by atoms with Crippen LogP contribution in [0, 0.1) is 0 Å². The Balaban J connectivity index is 1.27. The number of oxazole rings is 1. The zero-order valence-corrected chi connectivity index (χ0v) is 15.3. The minimum absolute atomic E-state index is 0.0266. The van der Waals surface area contributed by atoms with Crippen LogP contribution < -0.4 is 11.1 Å². The lowest BCUT2D eigenvalue weighted by Crippen LogP contribution is -2.46. The van der Waals surface area contributed by atoms with E-state index in [0.29, 0.717) is 42.6 Å². The van der Waals surface area contributed by atoms with Gasteiger partial charge < -0.3 is 19.1 Å². The van der Waals surface area contributed by atoms with E-state index in [9.17, 15) is 14.4 Å². The van der Waals surface area contributed by atoms with E-state index in [1.807, 2.05) is 6.07 Å². The molecular formula is C20H21N3O5. The summed E-state index contributed by atoms with van der Waals surface area (Å²) in [7, 11) is 0. The highest BCUT2D eigenvalue weighted by molar-refractivity contribution is 5.93. The Bertz CT molecular complexity index is 1030. The number of hydrogen-bond donors (Lipinski definition) is 1.